The Balaban J connectivity index is 1.79. The van der Waals surface area contributed by atoms with Crippen LogP contribution < -0.4 is 10.1 Å². The van der Waals surface area contributed by atoms with Gasteiger partial charge in [0.05, 0.1) is 11.6 Å². The normalized spacial score (nSPS) is 12.3. The van der Waals surface area contributed by atoms with E-state index in [0.717, 1.165) is 5.01 Å². The molecule has 1 aromatic heterocycles. The highest BCUT2D eigenvalue weighted by Crippen LogP contribution is 2.24. The number of ether oxygens (including phenoxy) is 2. The van der Waals surface area contributed by atoms with Crippen LogP contribution in [0.4, 0.5) is 0 Å². The number of rotatable bonds is 8. The molecular weight excluding hydrogens is 376 g/mol. The molecule has 0 saturated carbocycles. The smallest absolute Gasteiger partial charge is 0.357 e. The fourth-order valence-electron chi connectivity index (χ4n) is 2.45. The van der Waals surface area contributed by atoms with Crippen molar-refractivity contribution in [2.24, 2.45) is 0 Å². The van der Waals surface area contributed by atoms with E-state index >= 15 is 0 Å². The van der Waals surface area contributed by atoms with Crippen LogP contribution in [0, 0.1) is 0 Å². The Hall–Kier alpha value is -2.41. The third kappa shape index (κ3) is 6.34. The molecule has 0 aliphatic rings. The Morgan fingerprint density at radius 1 is 1.21 bits per heavy atom. The summed E-state index contributed by atoms with van der Waals surface area (Å²) in [7, 11) is 0. The molecule has 28 heavy (non-hydrogen) atoms. The number of hydrogen-bond donors (Lipinski definition) is 1. The number of benzene rings is 1. The first kappa shape index (κ1) is 21.9. The largest absolute Gasteiger partial charge is 0.481 e. The van der Waals surface area contributed by atoms with Gasteiger partial charge in [0.2, 0.25) is 0 Å². The van der Waals surface area contributed by atoms with E-state index in [-0.39, 0.29) is 11.3 Å². The van der Waals surface area contributed by atoms with Crippen molar-refractivity contribution >= 4 is 23.2 Å². The first-order valence-electron chi connectivity index (χ1n) is 9.37. The summed E-state index contributed by atoms with van der Waals surface area (Å²) in [5, 5.41) is 5.28. The molecule has 1 amide bonds. The average molecular weight is 405 g/mol. The van der Waals surface area contributed by atoms with Gasteiger partial charge in [-0.2, -0.15) is 0 Å². The van der Waals surface area contributed by atoms with E-state index in [1.54, 1.807) is 19.2 Å². The molecule has 7 heteroatoms. The van der Waals surface area contributed by atoms with Gasteiger partial charge in [-0.3, -0.25) is 4.79 Å². The van der Waals surface area contributed by atoms with Crippen LogP contribution >= 0.6 is 11.3 Å². The summed E-state index contributed by atoms with van der Waals surface area (Å²) in [4.78, 5) is 28.1. The van der Waals surface area contributed by atoms with E-state index in [9.17, 15) is 9.59 Å². The van der Waals surface area contributed by atoms with Crippen molar-refractivity contribution in [1.29, 1.82) is 0 Å². The van der Waals surface area contributed by atoms with Crippen molar-refractivity contribution in [2.75, 3.05) is 13.2 Å². The van der Waals surface area contributed by atoms with Gasteiger partial charge >= 0.3 is 5.97 Å². The Bertz CT molecular complexity index is 793. The maximum absolute atomic E-state index is 12.2. The molecule has 1 atom stereocenters. The number of nitrogens with zero attached hydrogens (tertiary/aromatic N) is 1. The third-order valence-electron chi connectivity index (χ3n) is 4.08. The predicted molar refractivity (Wildman–Crippen MR) is 110 cm³/mol. The van der Waals surface area contributed by atoms with E-state index in [1.807, 2.05) is 24.3 Å². The van der Waals surface area contributed by atoms with Gasteiger partial charge in [0.1, 0.15) is 5.75 Å². The highest BCUT2D eigenvalue weighted by atomic mass is 32.1. The van der Waals surface area contributed by atoms with Crippen molar-refractivity contribution in [2.45, 2.75) is 52.6 Å². The van der Waals surface area contributed by atoms with E-state index in [1.165, 1.54) is 16.9 Å². The summed E-state index contributed by atoms with van der Waals surface area (Å²) in [6, 6.07) is 7.81. The molecule has 0 unspecified atom stereocenters. The Labute approximate surface area is 170 Å². The highest BCUT2D eigenvalue weighted by Gasteiger charge is 2.17. The van der Waals surface area contributed by atoms with Crippen LogP contribution in [-0.2, 0) is 21.4 Å². The monoisotopic (exact) mass is 404 g/mol. The van der Waals surface area contributed by atoms with Crippen molar-refractivity contribution < 1.29 is 19.1 Å². The molecule has 1 aromatic carbocycles. The molecule has 2 rings (SSSR count). The second-order valence-electron chi connectivity index (χ2n) is 7.42. The molecule has 1 N–H and O–H groups in total. The average Bonchev–Trinajstić information content (AvgIpc) is 3.10. The summed E-state index contributed by atoms with van der Waals surface area (Å²) in [5.41, 5.74) is 1.59. The lowest BCUT2D eigenvalue weighted by molar-refractivity contribution is -0.127. The van der Waals surface area contributed by atoms with E-state index in [2.05, 4.69) is 31.1 Å². The molecule has 0 fully saturated rings. The quantitative estimate of drug-likeness (QED) is 0.678. The minimum absolute atomic E-state index is 0.0739. The summed E-state index contributed by atoms with van der Waals surface area (Å²) in [6.07, 6.45) is -0.0603. The number of esters is 1. The number of carbonyl (C=O) groups excluding carboxylic acids is 2. The number of thiazole rings is 1. The van der Waals surface area contributed by atoms with E-state index in [0.29, 0.717) is 31.0 Å². The van der Waals surface area contributed by atoms with Gasteiger partial charge in [0.15, 0.2) is 11.8 Å². The van der Waals surface area contributed by atoms with Gasteiger partial charge in [0, 0.05) is 18.3 Å². The summed E-state index contributed by atoms with van der Waals surface area (Å²) in [6.45, 7) is 10.7. The molecule has 0 radical (unpaired) electrons. The lowest BCUT2D eigenvalue weighted by Gasteiger charge is -2.20. The topological polar surface area (TPSA) is 77.5 Å². The minimum Gasteiger partial charge on any atom is -0.481 e. The van der Waals surface area contributed by atoms with Crippen LogP contribution in [0.15, 0.2) is 29.6 Å². The number of amides is 1. The van der Waals surface area contributed by atoms with Crippen molar-refractivity contribution in [1.82, 2.24) is 10.3 Å². The Morgan fingerprint density at radius 2 is 1.89 bits per heavy atom. The van der Waals surface area contributed by atoms with Crippen molar-refractivity contribution in [3.05, 3.63) is 45.9 Å². The maximum Gasteiger partial charge on any atom is 0.357 e. The zero-order chi connectivity index (χ0) is 20.7. The third-order valence-corrected chi connectivity index (χ3v) is 4.99. The summed E-state index contributed by atoms with van der Waals surface area (Å²) < 4.78 is 10.6. The van der Waals surface area contributed by atoms with Gasteiger partial charge in [-0.1, -0.05) is 32.9 Å². The SMILES string of the molecule is CCOC(=O)c1csc(CCNC(=O)[C@@H](C)Oc2ccc(C(C)(C)C)cc2)n1. The van der Waals surface area contributed by atoms with Gasteiger partial charge in [-0.05, 0) is 37.0 Å². The molecule has 0 aliphatic carbocycles. The first-order chi connectivity index (χ1) is 13.2. The lowest BCUT2D eigenvalue weighted by Crippen LogP contribution is -2.37. The van der Waals surface area contributed by atoms with Crippen LogP contribution in [0.2, 0.25) is 0 Å². The van der Waals surface area contributed by atoms with Crippen LogP contribution in [0.25, 0.3) is 0 Å². The number of aromatic nitrogens is 1. The molecule has 2 aromatic rings. The summed E-state index contributed by atoms with van der Waals surface area (Å²) in [5.74, 6) is 0.0465. The molecule has 0 bridgehead atoms. The van der Waals surface area contributed by atoms with E-state index < -0.39 is 12.1 Å². The first-order valence-corrected chi connectivity index (χ1v) is 10.2. The van der Waals surface area contributed by atoms with Gasteiger partial charge in [0.25, 0.3) is 5.91 Å². The molecule has 0 spiro atoms. The predicted octanol–water partition coefficient (Wildman–Crippen LogP) is 3.74. The number of carbonyl (C=O) groups is 2. The highest BCUT2D eigenvalue weighted by molar-refractivity contribution is 7.09. The molecule has 0 aliphatic heterocycles. The molecule has 1 heterocycles. The van der Waals surface area contributed by atoms with Crippen LogP contribution in [-0.4, -0.2) is 36.1 Å². The fraction of sp³-hybridized carbons (Fsp3) is 0.476. The number of nitrogens with one attached hydrogen (secondary N) is 1. The van der Waals surface area contributed by atoms with E-state index in [4.69, 9.17) is 9.47 Å². The van der Waals surface area contributed by atoms with Crippen LogP contribution in [0.3, 0.4) is 0 Å². The number of hydrogen-bond acceptors (Lipinski definition) is 6. The maximum atomic E-state index is 12.2. The Morgan fingerprint density at radius 3 is 2.50 bits per heavy atom. The standard InChI is InChI=1S/C21H28N2O4S/c1-6-26-20(25)17-13-28-18(23-17)11-12-22-19(24)14(2)27-16-9-7-15(8-10-16)21(3,4)5/h7-10,13-14H,6,11-12H2,1-5H3,(H,22,24)/t14-/m1/s1. The lowest BCUT2D eigenvalue weighted by atomic mass is 9.87. The second-order valence-corrected chi connectivity index (χ2v) is 8.37. The molecular formula is C21H28N2O4S. The second kappa shape index (κ2) is 9.68. The molecule has 0 saturated heterocycles. The molecule has 6 nitrogen and oxygen atoms in total. The van der Waals surface area contributed by atoms with Crippen molar-refractivity contribution in [3.63, 3.8) is 0 Å². The summed E-state index contributed by atoms with van der Waals surface area (Å²) >= 11 is 1.38. The van der Waals surface area contributed by atoms with Gasteiger partial charge < -0.3 is 14.8 Å². The van der Waals surface area contributed by atoms with Crippen LogP contribution in [0.5, 0.6) is 5.75 Å². The Kier molecular flexibility index (Phi) is 7.57. The van der Waals surface area contributed by atoms with Gasteiger partial charge in [-0.25, -0.2) is 9.78 Å². The zero-order valence-corrected chi connectivity index (χ0v) is 17.9. The fourth-order valence-corrected chi connectivity index (χ4v) is 3.22. The van der Waals surface area contributed by atoms with Crippen LogP contribution in [0.1, 0.15) is 55.7 Å². The van der Waals surface area contributed by atoms with Gasteiger partial charge in [-0.15, -0.1) is 11.3 Å². The molecule has 152 valence electrons. The minimum atomic E-state index is -0.605. The zero-order valence-electron chi connectivity index (χ0n) is 17.1. The van der Waals surface area contributed by atoms with Crippen molar-refractivity contribution in [3.8, 4) is 5.75 Å².